The highest BCUT2D eigenvalue weighted by molar-refractivity contribution is 6.08. The number of aromatic amines is 1. The number of aryl methyl sites for hydroxylation is 2. The highest BCUT2D eigenvalue weighted by Gasteiger charge is 2.20. The lowest BCUT2D eigenvalue weighted by atomic mass is 9.85. The molecule has 2 heteroatoms. The lowest BCUT2D eigenvalue weighted by Crippen LogP contribution is -2.07. The fourth-order valence-electron chi connectivity index (χ4n) is 4.21. The quantitative estimate of drug-likeness (QED) is 0.489. The van der Waals surface area contributed by atoms with Crippen molar-refractivity contribution in [3.8, 4) is 11.3 Å². The maximum absolute atomic E-state index is 5.10. The molecule has 24 heavy (non-hydrogen) atoms. The smallest absolute Gasteiger partial charge is 0.0744 e. The van der Waals surface area contributed by atoms with Gasteiger partial charge in [-0.15, -0.1) is 0 Å². The predicted octanol–water partition coefficient (Wildman–Crippen LogP) is 5.57. The van der Waals surface area contributed by atoms with Crippen LogP contribution in [0.4, 0.5) is 0 Å². The fraction of sp³-hybridized carbons (Fsp3) is 0.227. The Kier molecular flexibility index (Phi) is 2.99. The molecule has 0 aliphatic heterocycles. The molecule has 0 saturated carbocycles. The Morgan fingerprint density at radius 2 is 1.71 bits per heavy atom. The van der Waals surface area contributed by atoms with Crippen LogP contribution in [0, 0.1) is 6.92 Å². The second-order valence-corrected chi connectivity index (χ2v) is 6.86. The molecule has 0 fully saturated rings. The highest BCUT2D eigenvalue weighted by atomic mass is 14.7. The lowest BCUT2D eigenvalue weighted by molar-refractivity contribution is 0.689. The fourth-order valence-corrected chi connectivity index (χ4v) is 4.21. The second kappa shape index (κ2) is 5.20. The van der Waals surface area contributed by atoms with Gasteiger partial charge in [0, 0.05) is 27.5 Å². The standard InChI is InChI=1S/C22H20N2/c1-14-13-18-19(23-14)11-12-20-21(18)16-9-5-6-10-17(16)22(24-20)15-7-3-2-4-8-15/h2-4,7-8,11-13,23H,5-6,9-10H2,1H3. The van der Waals surface area contributed by atoms with E-state index in [0.29, 0.717) is 0 Å². The SMILES string of the molecule is Cc1cc2c(ccc3nc(-c4ccccc4)c4c(c32)CCCC4)[nH]1. The van der Waals surface area contributed by atoms with Crippen molar-refractivity contribution < 1.29 is 0 Å². The number of fused-ring (bicyclic) bond motifs is 5. The summed E-state index contributed by atoms with van der Waals surface area (Å²) in [6, 6.07) is 17.3. The molecule has 1 N–H and O–H groups in total. The molecule has 2 aromatic heterocycles. The normalized spacial score (nSPS) is 14.2. The number of nitrogens with zero attached hydrogens (tertiary/aromatic N) is 1. The van der Waals surface area contributed by atoms with Crippen LogP contribution in [0.5, 0.6) is 0 Å². The van der Waals surface area contributed by atoms with Crippen LogP contribution >= 0.6 is 0 Å². The Morgan fingerprint density at radius 1 is 0.917 bits per heavy atom. The van der Waals surface area contributed by atoms with E-state index in [9.17, 15) is 0 Å². The minimum atomic E-state index is 1.13. The van der Waals surface area contributed by atoms with Crippen LogP contribution in [0.2, 0.25) is 0 Å². The third kappa shape index (κ3) is 1.99. The average molecular weight is 312 g/mol. The average Bonchev–Trinajstić information content (AvgIpc) is 3.02. The number of H-pyrrole nitrogens is 1. The molecule has 0 saturated heterocycles. The molecule has 2 nitrogen and oxygen atoms in total. The van der Waals surface area contributed by atoms with E-state index in [4.69, 9.17) is 4.98 Å². The minimum Gasteiger partial charge on any atom is -0.359 e. The summed E-state index contributed by atoms with van der Waals surface area (Å²) in [5.41, 5.74) is 8.98. The van der Waals surface area contributed by atoms with E-state index < -0.39 is 0 Å². The molecule has 118 valence electrons. The number of aromatic nitrogens is 2. The van der Waals surface area contributed by atoms with E-state index in [1.807, 2.05) is 0 Å². The Hall–Kier alpha value is -2.61. The van der Waals surface area contributed by atoms with Gasteiger partial charge in [-0.05, 0) is 61.9 Å². The van der Waals surface area contributed by atoms with Crippen LogP contribution in [0.25, 0.3) is 33.1 Å². The van der Waals surface area contributed by atoms with Crippen LogP contribution in [-0.4, -0.2) is 9.97 Å². The molecule has 0 atom stereocenters. The molecular formula is C22H20N2. The molecule has 0 spiro atoms. The van der Waals surface area contributed by atoms with Gasteiger partial charge in [0.1, 0.15) is 0 Å². The van der Waals surface area contributed by atoms with E-state index >= 15 is 0 Å². The van der Waals surface area contributed by atoms with Crippen LogP contribution < -0.4 is 0 Å². The number of hydrogen-bond donors (Lipinski definition) is 1. The number of hydrogen-bond acceptors (Lipinski definition) is 1. The maximum atomic E-state index is 5.10. The van der Waals surface area contributed by atoms with Crippen LogP contribution in [0.1, 0.15) is 29.7 Å². The van der Waals surface area contributed by atoms with E-state index in [2.05, 4.69) is 60.4 Å². The Labute approximate surface area is 141 Å². The van der Waals surface area contributed by atoms with E-state index in [1.165, 1.54) is 57.2 Å². The summed E-state index contributed by atoms with van der Waals surface area (Å²) >= 11 is 0. The summed E-state index contributed by atoms with van der Waals surface area (Å²) in [5.74, 6) is 0. The summed E-state index contributed by atoms with van der Waals surface area (Å²) in [5, 5.41) is 2.70. The molecule has 2 heterocycles. The van der Waals surface area contributed by atoms with Crippen molar-refractivity contribution >= 4 is 21.8 Å². The van der Waals surface area contributed by atoms with Gasteiger partial charge in [-0.2, -0.15) is 0 Å². The van der Waals surface area contributed by atoms with Gasteiger partial charge in [0.15, 0.2) is 0 Å². The first-order valence-electron chi connectivity index (χ1n) is 8.80. The van der Waals surface area contributed by atoms with E-state index in [0.717, 1.165) is 18.4 Å². The van der Waals surface area contributed by atoms with Crippen molar-refractivity contribution in [3.63, 3.8) is 0 Å². The van der Waals surface area contributed by atoms with Crippen LogP contribution in [0.15, 0.2) is 48.5 Å². The van der Waals surface area contributed by atoms with Gasteiger partial charge >= 0.3 is 0 Å². The van der Waals surface area contributed by atoms with Crippen molar-refractivity contribution in [1.29, 1.82) is 0 Å². The molecule has 0 unspecified atom stereocenters. The molecule has 1 aliphatic carbocycles. The summed E-state index contributed by atoms with van der Waals surface area (Å²) in [6.07, 6.45) is 4.85. The molecule has 5 rings (SSSR count). The zero-order valence-corrected chi connectivity index (χ0v) is 13.9. The molecular weight excluding hydrogens is 292 g/mol. The van der Waals surface area contributed by atoms with Crippen molar-refractivity contribution in [2.24, 2.45) is 0 Å². The zero-order chi connectivity index (χ0) is 16.1. The van der Waals surface area contributed by atoms with Crippen molar-refractivity contribution in [2.45, 2.75) is 32.6 Å². The summed E-state index contributed by atoms with van der Waals surface area (Å²) < 4.78 is 0. The molecule has 0 radical (unpaired) electrons. The third-order valence-electron chi connectivity index (χ3n) is 5.25. The lowest BCUT2D eigenvalue weighted by Gasteiger charge is -2.22. The number of nitrogens with one attached hydrogen (secondary N) is 1. The summed E-state index contributed by atoms with van der Waals surface area (Å²) in [6.45, 7) is 2.13. The molecule has 0 amide bonds. The molecule has 0 bridgehead atoms. The van der Waals surface area contributed by atoms with Crippen LogP contribution in [0.3, 0.4) is 0 Å². The van der Waals surface area contributed by atoms with Gasteiger partial charge in [-0.25, -0.2) is 4.98 Å². The second-order valence-electron chi connectivity index (χ2n) is 6.86. The monoisotopic (exact) mass is 312 g/mol. The van der Waals surface area contributed by atoms with E-state index in [-0.39, 0.29) is 0 Å². The minimum absolute atomic E-state index is 1.13. The molecule has 1 aliphatic rings. The Morgan fingerprint density at radius 3 is 2.54 bits per heavy atom. The third-order valence-corrected chi connectivity index (χ3v) is 5.25. The first-order valence-corrected chi connectivity index (χ1v) is 8.80. The maximum Gasteiger partial charge on any atom is 0.0744 e. The summed E-state index contributed by atoms with van der Waals surface area (Å²) in [4.78, 5) is 8.58. The van der Waals surface area contributed by atoms with Crippen molar-refractivity contribution in [1.82, 2.24) is 9.97 Å². The first kappa shape index (κ1) is 13.8. The van der Waals surface area contributed by atoms with Gasteiger partial charge in [0.05, 0.1) is 11.2 Å². The zero-order valence-electron chi connectivity index (χ0n) is 13.9. The van der Waals surface area contributed by atoms with Gasteiger partial charge in [-0.3, -0.25) is 0 Å². The number of pyridine rings is 1. The number of rotatable bonds is 1. The predicted molar refractivity (Wildman–Crippen MR) is 100 cm³/mol. The van der Waals surface area contributed by atoms with Gasteiger partial charge in [0.2, 0.25) is 0 Å². The molecule has 2 aromatic carbocycles. The van der Waals surface area contributed by atoms with Crippen molar-refractivity contribution in [3.05, 3.63) is 65.4 Å². The molecule has 4 aromatic rings. The topological polar surface area (TPSA) is 28.7 Å². The Balaban J connectivity index is 1.92. The van der Waals surface area contributed by atoms with Gasteiger partial charge < -0.3 is 4.98 Å². The Bertz CT molecular complexity index is 1060. The van der Waals surface area contributed by atoms with Crippen molar-refractivity contribution in [2.75, 3.05) is 0 Å². The van der Waals surface area contributed by atoms with Crippen LogP contribution in [-0.2, 0) is 12.8 Å². The highest BCUT2D eigenvalue weighted by Crippen LogP contribution is 2.38. The first-order chi connectivity index (χ1) is 11.8. The van der Waals surface area contributed by atoms with Gasteiger partial charge in [0.25, 0.3) is 0 Å². The van der Waals surface area contributed by atoms with E-state index in [1.54, 1.807) is 0 Å². The van der Waals surface area contributed by atoms with Gasteiger partial charge in [-0.1, -0.05) is 30.3 Å². The number of benzene rings is 2. The largest absolute Gasteiger partial charge is 0.359 e. The summed E-state index contributed by atoms with van der Waals surface area (Å²) in [7, 11) is 0.